The minimum Gasteiger partial charge on any atom is -0.485 e. The van der Waals surface area contributed by atoms with Gasteiger partial charge in [-0.15, -0.1) is 12.4 Å². The van der Waals surface area contributed by atoms with Crippen molar-refractivity contribution in [2.75, 3.05) is 26.7 Å². The Hall–Kier alpha value is -2.49. The van der Waals surface area contributed by atoms with Crippen molar-refractivity contribution in [3.63, 3.8) is 0 Å². The minimum absolute atomic E-state index is 0. The molecule has 0 spiro atoms. The summed E-state index contributed by atoms with van der Waals surface area (Å²) in [7, 11) is 2.06. The Labute approximate surface area is 162 Å². The molecule has 0 bridgehead atoms. The van der Waals surface area contributed by atoms with Crippen LogP contribution in [0, 0.1) is 6.92 Å². The van der Waals surface area contributed by atoms with Gasteiger partial charge >= 0.3 is 0 Å². The van der Waals surface area contributed by atoms with Crippen LogP contribution < -0.4 is 10.1 Å². The molecule has 1 N–H and O–H groups in total. The molecule has 1 aliphatic heterocycles. The van der Waals surface area contributed by atoms with Crippen LogP contribution in [0.4, 0.5) is 0 Å². The maximum absolute atomic E-state index is 5.83. The molecule has 1 fully saturated rings. The summed E-state index contributed by atoms with van der Waals surface area (Å²) in [5.41, 5.74) is 0.734. The number of nitrogens with one attached hydrogen (secondary N) is 1. The molecule has 3 aromatic rings. The summed E-state index contributed by atoms with van der Waals surface area (Å²) in [5, 5.41) is 11.4. The van der Waals surface area contributed by atoms with Gasteiger partial charge in [-0.3, -0.25) is 4.90 Å². The lowest BCUT2D eigenvalue weighted by Crippen LogP contribution is -2.44. The van der Waals surface area contributed by atoms with Crippen molar-refractivity contribution in [3.8, 4) is 17.2 Å². The molecule has 1 atom stereocenters. The molecule has 0 aliphatic carbocycles. The zero-order valence-electron chi connectivity index (χ0n) is 15.1. The van der Waals surface area contributed by atoms with Crippen molar-refractivity contribution in [1.29, 1.82) is 0 Å². The van der Waals surface area contributed by atoms with Crippen molar-refractivity contribution in [1.82, 2.24) is 30.5 Å². The molecule has 4 rings (SSSR count). The van der Waals surface area contributed by atoms with Crippen molar-refractivity contribution in [2.24, 2.45) is 0 Å². The molecule has 27 heavy (non-hydrogen) atoms. The predicted octanol–water partition coefficient (Wildman–Crippen LogP) is 2.00. The Bertz CT molecular complexity index is 883. The van der Waals surface area contributed by atoms with Crippen molar-refractivity contribution < 1.29 is 13.8 Å². The van der Waals surface area contributed by atoms with E-state index in [0.717, 1.165) is 25.2 Å². The Kier molecular flexibility index (Phi) is 6.04. The fourth-order valence-corrected chi connectivity index (χ4v) is 2.89. The summed E-state index contributed by atoms with van der Waals surface area (Å²) < 4.78 is 16.3. The smallest absolute Gasteiger partial charge is 0.261 e. The van der Waals surface area contributed by atoms with Crippen LogP contribution >= 0.6 is 12.4 Å². The van der Waals surface area contributed by atoms with Gasteiger partial charge in [0.15, 0.2) is 12.4 Å². The van der Waals surface area contributed by atoms with Crippen LogP contribution in [0.1, 0.15) is 23.6 Å². The Morgan fingerprint density at radius 2 is 2.07 bits per heavy atom. The van der Waals surface area contributed by atoms with Gasteiger partial charge in [-0.05, 0) is 19.2 Å². The third-order valence-electron chi connectivity index (χ3n) is 4.29. The Balaban J connectivity index is 0.00000210. The van der Waals surface area contributed by atoms with Crippen LogP contribution in [-0.4, -0.2) is 51.9 Å². The van der Waals surface area contributed by atoms with Crippen LogP contribution in [0.25, 0.3) is 11.5 Å². The molecule has 1 aliphatic rings. The summed E-state index contributed by atoms with van der Waals surface area (Å²) in [6.07, 6.45) is 0. The molecule has 1 unspecified atom stereocenters. The molecule has 10 heteroatoms. The van der Waals surface area contributed by atoms with Crippen LogP contribution in [0.15, 0.2) is 33.3 Å². The van der Waals surface area contributed by atoms with E-state index in [1.807, 2.05) is 24.3 Å². The molecule has 2 aromatic heterocycles. The topological polar surface area (TPSA) is 102 Å². The third kappa shape index (κ3) is 4.26. The lowest BCUT2D eigenvalue weighted by Gasteiger charge is -2.30. The van der Waals surface area contributed by atoms with E-state index < -0.39 is 0 Å². The second-order valence-electron chi connectivity index (χ2n) is 6.17. The van der Waals surface area contributed by atoms with E-state index in [2.05, 4.69) is 37.5 Å². The van der Waals surface area contributed by atoms with Gasteiger partial charge in [0.25, 0.3) is 5.89 Å². The normalized spacial score (nSPS) is 17.5. The van der Waals surface area contributed by atoms with Gasteiger partial charge in [-0.2, -0.15) is 9.97 Å². The van der Waals surface area contributed by atoms with Crippen molar-refractivity contribution in [2.45, 2.75) is 19.6 Å². The molecule has 1 saturated heterocycles. The fourth-order valence-electron chi connectivity index (χ4n) is 2.89. The second-order valence-corrected chi connectivity index (χ2v) is 6.17. The van der Waals surface area contributed by atoms with Gasteiger partial charge in [0.05, 0.1) is 11.6 Å². The number of hydrogen-bond acceptors (Lipinski definition) is 9. The first kappa shape index (κ1) is 19.3. The van der Waals surface area contributed by atoms with Gasteiger partial charge in [0.1, 0.15) is 5.75 Å². The zero-order chi connectivity index (χ0) is 17.9. The Morgan fingerprint density at radius 1 is 1.22 bits per heavy atom. The molecule has 3 heterocycles. The largest absolute Gasteiger partial charge is 0.485 e. The molecule has 144 valence electrons. The average molecular weight is 393 g/mol. The summed E-state index contributed by atoms with van der Waals surface area (Å²) in [5.74, 6) is 2.71. The number of aromatic nitrogens is 4. The predicted molar refractivity (Wildman–Crippen MR) is 98.6 cm³/mol. The van der Waals surface area contributed by atoms with E-state index in [-0.39, 0.29) is 25.1 Å². The highest BCUT2D eigenvalue weighted by Crippen LogP contribution is 2.30. The van der Waals surface area contributed by atoms with E-state index in [4.69, 9.17) is 13.8 Å². The van der Waals surface area contributed by atoms with Gasteiger partial charge in [-0.25, -0.2) is 0 Å². The summed E-state index contributed by atoms with van der Waals surface area (Å²) in [6.45, 7) is 4.64. The maximum atomic E-state index is 5.83. The molecule has 0 radical (unpaired) electrons. The van der Waals surface area contributed by atoms with Crippen LogP contribution in [0.3, 0.4) is 0 Å². The number of ether oxygens (including phenoxy) is 1. The van der Waals surface area contributed by atoms with E-state index in [0.29, 0.717) is 29.2 Å². The number of halogens is 1. The highest BCUT2D eigenvalue weighted by atomic mass is 35.5. The summed E-state index contributed by atoms with van der Waals surface area (Å²) in [6, 6.07) is 7.61. The Morgan fingerprint density at radius 3 is 2.85 bits per heavy atom. The van der Waals surface area contributed by atoms with Crippen LogP contribution in [0.2, 0.25) is 0 Å². The number of hydrogen-bond donors (Lipinski definition) is 1. The highest BCUT2D eigenvalue weighted by molar-refractivity contribution is 5.85. The number of aryl methyl sites for hydroxylation is 1. The van der Waals surface area contributed by atoms with Gasteiger partial charge in [-0.1, -0.05) is 22.4 Å². The fraction of sp³-hybridized carbons (Fsp3) is 0.412. The average Bonchev–Trinajstić information content (AvgIpc) is 3.30. The number of para-hydroxylation sites is 1. The number of likely N-dealkylation sites (N-methyl/N-ethyl adjacent to an activating group) is 1. The van der Waals surface area contributed by atoms with Crippen LogP contribution in [0.5, 0.6) is 5.75 Å². The molecule has 0 amide bonds. The van der Waals surface area contributed by atoms with Crippen molar-refractivity contribution >= 4 is 12.4 Å². The second kappa shape index (κ2) is 8.47. The number of nitrogens with zero attached hydrogens (tertiary/aromatic N) is 5. The van der Waals surface area contributed by atoms with E-state index in [1.54, 1.807) is 6.92 Å². The first-order valence-electron chi connectivity index (χ1n) is 8.46. The quantitative estimate of drug-likeness (QED) is 0.698. The third-order valence-corrected chi connectivity index (χ3v) is 4.29. The number of benzene rings is 1. The molecular formula is C17H21ClN6O3. The SMILES string of the molecule is Cc1nc(COc2ccccc2-c2nc(C3CNCCN3C)no2)no1.Cl. The zero-order valence-corrected chi connectivity index (χ0v) is 15.9. The van der Waals surface area contributed by atoms with Crippen molar-refractivity contribution in [3.05, 3.63) is 41.8 Å². The summed E-state index contributed by atoms with van der Waals surface area (Å²) >= 11 is 0. The molecular weight excluding hydrogens is 372 g/mol. The minimum atomic E-state index is 0. The van der Waals surface area contributed by atoms with E-state index in [9.17, 15) is 0 Å². The number of piperazine rings is 1. The maximum Gasteiger partial charge on any atom is 0.261 e. The summed E-state index contributed by atoms with van der Waals surface area (Å²) in [4.78, 5) is 10.9. The number of rotatable bonds is 5. The van der Waals surface area contributed by atoms with E-state index >= 15 is 0 Å². The van der Waals surface area contributed by atoms with Gasteiger partial charge in [0, 0.05) is 26.6 Å². The highest BCUT2D eigenvalue weighted by Gasteiger charge is 2.26. The molecule has 0 saturated carbocycles. The molecule has 1 aromatic carbocycles. The first-order valence-corrected chi connectivity index (χ1v) is 8.46. The van der Waals surface area contributed by atoms with Crippen LogP contribution in [-0.2, 0) is 6.61 Å². The van der Waals surface area contributed by atoms with Gasteiger partial charge in [0.2, 0.25) is 11.7 Å². The monoisotopic (exact) mass is 392 g/mol. The van der Waals surface area contributed by atoms with Gasteiger partial charge < -0.3 is 19.1 Å². The standard InChI is InChI=1S/C17H20N6O3.ClH/c1-11-19-15(21-25-11)10-24-14-6-4-3-5-12(14)17-20-16(22-26-17)13-9-18-7-8-23(13)2;/h3-6,13,18H,7-10H2,1-2H3;1H. The lowest BCUT2D eigenvalue weighted by atomic mass is 10.2. The lowest BCUT2D eigenvalue weighted by molar-refractivity contribution is 0.190. The van der Waals surface area contributed by atoms with E-state index in [1.165, 1.54) is 0 Å². The first-order chi connectivity index (χ1) is 12.7. The molecule has 9 nitrogen and oxygen atoms in total.